The number of halogens is 10. The first-order valence-electron chi connectivity index (χ1n) is 18.4. The Morgan fingerprint density at radius 3 is 1.30 bits per heavy atom. The molecule has 0 saturated carbocycles. The topological polar surface area (TPSA) is 140 Å². The minimum atomic E-state index is -5.17. The van der Waals surface area contributed by atoms with Gasteiger partial charge in [0.2, 0.25) is 0 Å². The number of alkyl halides is 6. The second-order valence-corrected chi connectivity index (χ2v) is 17.9. The van der Waals surface area contributed by atoms with Gasteiger partial charge < -0.3 is 29.5 Å². The molecule has 12 nitrogen and oxygen atoms in total. The zero-order valence-electron chi connectivity index (χ0n) is 35.8. The summed E-state index contributed by atoms with van der Waals surface area (Å²) >= 11 is 24.2. The normalized spacial score (nSPS) is 14.3. The monoisotopic (exact) mass is 986 g/mol. The molecule has 0 heterocycles. The first kappa shape index (κ1) is 59.3. The summed E-state index contributed by atoms with van der Waals surface area (Å²) in [6, 6.07) is 8.54. The van der Waals surface area contributed by atoms with Gasteiger partial charge in [-0.2, -0.15) is 26.3 Å². The lowest BCUT2D eigenvalue weighted by molar-refractivity contribution is -0.186. The van der Waals surface area contributed by atoms with Gasteiger partial charge in [0.05, 0.1) is 43.9 Å². The van der Waals surface area contributed by atoms with E-state index in [9.17, 15) is 55.7 Å². The molecule has 0 aromatic heterocycles. The highest BCUT2D eigenvalue weighted by molar-refractivity contribution is 6.42. The number of ether oxygens (including phenoxy) is 2. The van der Waals surface area contributed by atoms with E-state index in [1.807, 2.05) is 0 Å². The van der Waals surface area contributed by atoms with Crippen LogP contribution >= 0.6 is 46.4 Å². The van der Waals surface area contributed by atoms with Gasteiger partial charge in [-0.05, 0) is 83.4 Å². The van der Waals surface area contributed by atoms with E-state index in [0.717, 1.165) is 23.9 Å². The molecule has 3 atom stereocenters. The largest absolute Gasteiger partial charge is 0.471 e. The molecule has 22 heteroatoms. The Hall–Kier alpha value is -3.68. The summed E-state index contributed by atoms with van der Waals surface area (Å²) in [5.41, 5.74) is -4.47. The molecule has 2 rings (SSSR count). The quantitative estimate of drug-likeness (QED) is 0.149. The van der Waals surface area contributed by atoms with Gasteiger partial charge in [0, 0.05) is 47.7 Å². The molecule has 3 unspecified atom stereocenters. The molecule has 0 aliphatic heterocycles. The highest BCUT2D eigenvalue weighted by Crippen LogP contribution is 2.40. The number of rotatable bonds is 13. The summed E-state index contributed by atoms with van der Waals surface area (Å²) in [5, 5.41) is 20.2. The Kier molecular flexibility index (Phi) is 21.6. The van der Waals surface area contributed by atoms with Gasteiger partial charge in [0.25, 0.3) is 0 Å². The molecule has 0 saturated heterocycles. The van der Waals surface area contributed by atoms with E-state index in [2.05, 4.69) is 6.58 Å². The van der Waals surface area contributed by atoms with Crippen molar-refractivity contribution in [3.8, 4) is 0 Å². The number of aliphatic hydroxyl groups is 2. The Morgan fingerprint density at radius 1 is 0.667 bits per heavy atom. The van der Waals surface area contributed by atoms with Crippen molar-refractivity contribution in [1.82, 2.24) is 19.6 Å². The third-order valence-electron chi connectivity index (χ3n) is 8.97. The standard InChI is InChI=1S/C20H27Cl2F3N2O5.C20H25Cl2F3N2O3.CH4/c1-18(2,3)32-17(31)27(5)19(9-13(29)10-28,11-26(4)16(30)20(23,24)25)12-6-7-14(21)15(22)8-12;1-7-10-19(12-26(5)16(28)20(23,24)25,13-8-9-14(21)15(22)11-13)27(6)17(29)30-18(2,3)4;/h6-8,13,28-29H,9-11H2,1-5H3;7-9,11H,1,10,12H2,2-6H3;1H4. The average molecular weight is 989 g/mol. The first-order chi connectivity index (χ1) is 28.0. The van der Waals surface area contributed by atoms with Gasteiger partial charge >= 0.3 is 36.4 Å². The van der Waals surface area contributed by atoms with Crippen LogP contribution in [-0.2, 0) is 30.1 Å². The number of benzene rings is 2. The van der Waals surface area contributed by atoms with Crippen LogP contribution in [0.15, 0.2) is 49.1 Å². The fraction of sp³-hybridized carbons (Fsp3) is 0.561. The Balaban J connectivity index is 0.00000120. The maximum Gasteiger partial charge on any atom is 0.471 e. The second kappa shape index (κ2) is 23.0. The molecular formula is C41H56Cl4F6N4O8. The van der Waals surface area contributed by atoms with Crippen molar-refractivity contribution in [2.24, 2.45) is 0 Å². The van der Waals surface area contributed by atoms with Crippen molar-refractivity contribution in [2.45, 2.75) is 103 Å². The lowest BCUT2D eigenvalue weighted by Crippen LogP contribution is -2.57. The predicted octanol–water partition coefficient (Wildman–Crippen LogP) is 10.1. The average Bonchev–Trinajstić information content (AvgIpc) is 3.13. The smallest absolute Gasteiger partial charge is 0.444 e. The van der Waals surface area contributed by atoms with E-state index in [4.69, 9.17) is 55.9 Å². The molecule has 2 N–H and O–H groups in total. The van der Waals surface area contributed by atoms with Crippen molar-refractivity contribution in [2.75, 3.05) is 47.9 Å². The number of likely N-dealkylation sites (N-methyl/N-ethyl adjacent to an activating group) is 4. The summed E-state index contributed by atoms with van der Waals surface area (Å²) in [6.07, 6.45) is -12.4. The maximum atomic E-state index is 13.1. The van der Waals surface area contributed by atoms with Crippen LogP contribution in [0, 0.1) is 0 Å². The molecule has 4 amide bonds. The van der Waals surface area contributed by atoms with Crippen LogP contribution in [0.4, 0.5) is 35.9 Å². The SMILES string of the molecule is C.C=CCC(CN(C)C(=O)C(F)(F)F)(c1ccc(Cl)c(Cl)c1)N(C)C(=O)OC(C)(C)C.CN(CC(CC(O)CO)(c1ccc(Cl)c(Cl)c1)N(C)C(=O)OC(C)(C)C)C(=O)C(F)(F)F. The summed E-state index contributed by atoms with van der Waals surface area (Å²) in [4.78, 5) is 52.5. The van der Waals surface area contributed by atoms with Gasteiger partial charge in [0.1, 0.15) is 11.2 Å². The van der Waals surface area contributed by atoms with Crippen LogP contribution in [-0.4, -0.2) is 131 Å². The highest BCUT2D eigenvalue weighted by atomic mass is 35.5. The van der Waals surface area contributed by atoms with Gasteiger partial charge in [0.15, 0.2) is 0 Å². The first-order valence-corrected chi connectivity index (χ1v) is 19.9. The summed E-state index contributed by atoms with van der Waals surface area (Å²) in [6.45, 7) is 11.5. The number of amides is 4. The predicted molar refractivity (Wildman–Crippen MR) is 231 cm³/mol. The molecule has 0 spiro atoms. The van der Waals surface area contributed by atoms with Crippen molar-refractivity contribution in [3.63, 3.8) is 0 Å². The molecule has 0 fully saturated rings. The molecular weight excluding hydrogens is 932 g/mol. The lowest BCUT2D eigenvalue weighted by Gasteiger charge is -2.45. The van der Waals surface area contributed by atoms with Crippen molar-refractivity contribution >= 4 is 70.4 Å². The van der Waals surface area contributed by atoms with E-state index in [1.165, 1.54) is 56.6 Å². The zero-order chi connectivity index (χ0) is 48.6. The van der Waals surface area contributed by atoms with E-state index < -0.39 is 90.9 Å². The van der Waals surface area contributed by atoms with E-state index in [-0.39, 0.29) is 39.5 Å². The molecule has 0 radical (unpaired) electrons. The van der Waals surface area contributed by atoms with Gasteiger partial charge in [-0.3, -0.25) is 19.4 Å². The number of carbonyl (C=O) groups excluding carboxylic acids is 4. The van der Waals surface area contributed by atoms with E-state index in [1.54, 1.807) is 41.5 Å². The van der Waals surface area contributed by atoms with E-state index >= 15 is 0 Å². The molecule has 0 aliphatic rings. The maximum absolute atomic E-state index is 13.1. The number of nitrogens with zero attached hydrogens (tertiary/aromatic N) is 4. The number of carbonyl (C=O) groups is 4. The van der Waals surface area contributed by atoms with Crippen molar-refractivity contribution < 1.29 is 65.2 Å². The second-order valence-electron chi connectivity index (χ2n) is 16.3. The summed E-state index contributed by atoms with van der Waals surface area (Å²) in [7, 11) is 4.56. The van der Waals surface area contributed by atoms with Crippen LogP contribution in [0.3, 0.4) is 0 Å². The van der Waals surface area contributed by atoms with Crippen LogP contribution < -0.4 is 0 Å². The fourth-order valence-electron chi connectivity index (χ4n) is 6.06. The van der Waals surface area contributed by atoms with Gasteiger partial charge in [-0.1, -0.05) is 72.0 Å². The Bertz CT molecular complexity index is 1910. The number of hydrogen-bond donors (Lipinski definition) is 2. The van der Waals surface area contributed by atoms with Crippen molar-refractivity contribution in [1.29, 1.82) is 0 Å². The molecule has 0 aliphatic carbocycles. The molecule has 63 heavy (non-hydrogen) atoms. The minimum Gasteiger partial charge on any atom is -0.444 e. The molecule has 358 valence electrons. The Morgan fingerprint density at radius 2 is 1.00 bits per heavy atom. The third-order valence-corrected chi connectivity index (χ3v) is 10.5. The Labute approximate surface area is 384 Å². The minimum absolute atomic E-state index is 0. The zero-order valence-corrected chi connectivity index (χ0v) is 38.8. The number of aliphatic hydroxyl groups excluding tert-OH is 2. The van der Waals surface area contributed by atoms with Crippen LogP contribution in [0.5, 0.6) is 0 Å². The van der Waals surface area contributed by atoms with E-state index in [0.29, 0.717) is 15.4 Å². The van der Waals surface area contributed by atoms with Crippen LogP contribution in [0.1, 0.15) is 72.9 Å². The summed E-state index contributed by atoms with van der Waals surface area (Å²) in [5.74, 6) is -4.20. The third kappa shape index (κ3) is 16.7. The molecule has 2 aromatic carbocycles. The van der Waals surface area contributed by atoms with Crippen LogP contribution in [0.25, 0.3) is 0 Å². The molecule has 0 bridgehead atoms. The van der Waals surface area contributed by atoms with Crippen LogP contribution in [0.2, 0.25) is 20.1 Å². The van der Waals surface area contributed by atoms with Gasteiger partial charge in [-0.15, -0.1) is 6.58 Å². The lowest BCUT2D eigenvalue weighted by atomic mass is 9.82. The fourth-order valence-corrected chi connectivity index (χ4v) is 6.65. The number of hydrogen-bond acceptors (Lipinski definition) is 8. The van der Waals surface area contributed by atoms with Gasteiger partial charge in [-0.25, -0.2) is 9.59 Å². The summed E-state index contributed by atoms with van der Waals surface area (Å²) < 4.78 is 89.0. The van der Waals surface area contributed by atoms with Crippen molar-refractivity contribution in [3.05, 3.63) is 80.3 Å². The highest BCUT2D eigenvalue weighted by Gasteiger charge is 2.49. The molecule has 2 aromatic rings.